The SMILES string of the molecule is CC(=O)Nc1ccc(OC(=O)CCCCBr)c2ccccc12. The Hall–Kier alpha value is -1.88. The standard InChI is InChI=1S/C17H18BrNO3/c1-12(20)19-15-9-10-16(14-7-3-2-6-13(14)15)22-17(21)8-4-5-11-18/h2-3,6-7,9-10H,4-5,8,11H2,1H3,(H,19,20). The van der Waals surface area contributed by atoms with Crippen molar-refractivity contribution in [2.24, 2.45) is 0 Å². The topological polar surface area (TPSA) is 55.4 Å². The first-order valence-corrected chi connectivity index (χ1v) is 8.30. The van der Waals surface area contributed by atoms with E-state index >= 15 is 0 Å². The molecule has 0 aliphatic heterocycles. The Morgan fingerprint density at radius 2 is 1.82 bits per heavy atom. The molecule has 0 aliphatic carbocycles. The van der Waals surface area contributed by atoms with Crippen LogP contribution in [0, 0.1) is 0 Å². The van der Waals surface area contributed by atoms with Crippen molar-refractivity contribution >= 4 is 44.3 Å². The summed E-state index contributed by atoms with van der Waals surface area (Å²) in [6.07, 6.45) is 2.14. The molecular formula is C17H18BrNO3. The van der Waals surface area contributed by atoms with Crippen LogP contribution >= 0.6 is 15.9 Å². The Labute approximate surface area is 138 Å². The number of alkyl halides is 1. The second kappa shape index (κ2) is 7.94. The van der Waals surface area contributed by atoms with Crippen LogP contribution in [-0.4, -0.2) is 17.2 Å². The number of anilines is 1. The molecule has 22 heavy (non-hydrogen) atoms. The zero-order valence-electron chi connectivity index (χ0n) is 12.4. The second-order valence-corrected chi connectivity index (χ2v) is 5.75. The van der Waals surface area contributed by atoms with Gasteiger partial charge < -0.3 is 10.1 Å². The van der Waals surface area contributed by atoms with Gasteiger partial charge >= 0.3 is 5.97 Å². The van der Waals surface area contributed by atoms with Crippen LogP contribution in [0.2, 0.25) is 0 Å². The number of hydrogen-bond donors (Lipinski definition) is 1. The third kappa shape index (κ3) is 4.31. The van der Waals surface area contributed by atoms with E-state index in [1.165, 1.54) is 6.92 Å². The summed E-state index contributed by atoms with van der Waals surface area (Å²) in [5.74, 6) is 0.150. The molecule has 4 nitrogen and oxygen atoms in total. The number of amides is 1. The Morgan fingerprint density at radius 3 is 2.50 bits per heavy atom. The lowest BCUT2D eigenvalue weighted by molar-refractivity contribution is -0.134. The summed E-state index contributed by atoms with van der Waals surface area (Å²) in [4.78, 5) is 23.2. The first kappa shape index (κ1) is 16.5. The van der Waals surface area contributed by atoms with Gasteiger partial charge in [0, 0.05) is 35.1 Å². The van der Waals surface area contributed by atoms with Crippen molar-refractivity contribution in [3.05, 3.63) is 36.4 Å². The summed E-state index contributed by atoms with van der Waals surface area (Å²) < 4.78 is 5.47. The normalized spacial score (nSPS) is 10.5. The van der Waals surface area contributed by atoms with Gasteiger partial charge in [0.15, 0.2) is 0 Å². The number of unbranched alkanes of at least 4 members (excludes halogenated alkanes) is 1. The average molecular weight is 364 g/mol. The molecule has 2 aromatic rings. The van der Waals surface area contributed by atoms with Gasteiger partial charge in [0.2, 0.25) is 5.91 Å². The monoisotopic (exact) mass is 363 g/mol. The molecule has 0 bridgehead atoms. The lowest BCUT2D eigenvalue weighted by atomic mass is 10.1. The van der Waals surface area contributed by atoms with Crippen LogP contribution in [0.5, 0.6) is 5.75 Å². The molecule has 0 atom stereocenters. The number of carbonyl (C=O) groups excluding carboxylic acids is 2. The highest BCUT2D eigenvalue weighted by Gasteiger charge is 2.11. The van der Waals surface area contributed by atoms with Gasteiger partial charge in [-0.2, -0.15) is 0 Å². The molecule has 1 N–H and O–H groups in total. The van der Waals surface area contributed by atoms with Gasteiger partial charge in [-0.1, -0.05) is 40.2 Å². The smallest absolute Gasteiger partial charge is 0.311 e. The maximum atomic E-state index is 11.9. The van der Waals surface area contributed by atoms with E-state index in [9.17, 15) is 9.59 Å². The van der Waals surface area contributed by atoms with Crippen molar-refractivity contribution in [2.45, 2.75) is 26.2 Å². The molecule has 0 heterocycles. The van der Waals surface area contributed by atoms with E-state index in [2.05, 4.69) is 21.2 Å². The molecule has 2 rings (SSSR count). The second-order valence-electron chi connectivity index (χ2n) is 4.96. The number of rotatable bonds is 6. The summed E-state index contributed by atoms with van der Waals surface area (Å²) in [7, 11) is 0. The number of benzene rings is 2. The van der Waals surface area contributed by atoms with Gasteiger partial charge in [-0.3, -0.25) is 9.59 Å². The molecule has 0 spiro atoms. The lowest BCUT2D eigenvalue weighted by Crippen LogP contribution is -2.09. The summed E-state index contributed by atoms with van der Waals surface area (Å²) in [6, 6.07) is 11.0. The number of esters is 1. The highest BCUT2D eigenvalue weighted by Crippen LogP contribution is 2.31. The molecule has 1 amide bonds. The minimum atomic E-state index is -0.238. The quantitative estimate of drug-likeness (QED) is 0.361. The minimum absolute atomic E-state index is 0.135. The molecule has 116 valence electrons. The zero-order chi connectivity index (χ0) is 15.9. The van der Waals surface area contributed by atoms with Crippen LogP contribution in [0.3, 0.4) is 0 Å². The van der Waals surface area contributed by atoms with E-state index in [-0.39, 0.29) is 11.9 Å². The first-order chi connectivity index (χ1) is 10.6. The van der Waals surface area contributed by atoms with Crippen molar-refractivity contribution in [1.29, 1.82) is 0 Å². The number of fused-ring (bicyclic) bond motifs is 1. The summed E-state index contributed by atoms with van der Waals surface area (Å²) in [5.41, 5.74) is 0.710. The summed E-state index contributed by atoms with van der Waals surface area (Å²) in [6.45, 7) is 1.46. The molecule has 0 saturated heterocycles. The Bertz CT molecular complexity index is 685. The van der Waals surface area contributed by atoms with E-state index < -0.39 is 0 Å². The number of ether oxygens (including phenoxy) is 1. The van der Waals surface area contributed by atoms with E-state index in [0.717, 1.165) is 28.9 Å². The number of carbonyl (C=O) groups is 2. The molecule has 0 radical (unpaired) electrons. The van der Waals surface area contributed by atoms with Crippen LogP contribution in [-0.2, 0) is 9.59 Å². The fourth-order valence-corrected chi connectivity index (χ4v) is 2.59. The summed E-state index contributed by atoms with van der Waals surface area (Å²) in [5, 5.41) is 5.33. The molecule has 5 heteroatoms. The minimum Gasteiger partial charge on any atom is -0.426 e. The van der Waals surface area contributed by atoms with Gasteiger partial charge in [0.25, 0.3) is 0 Å². The highest BCUT2D eigenvalue weighted by atomic mass is 79.9. The first-order valence-electron chi connectivity index (χ1n) is 7.18. The maximum absolute atomic E-state index is 11.9. The van der Waals surface area contributed by atoms with Crippen LogP contribution in [0.4, 0.5) is 5.69 Å². The lowest BCUT2D eigenvalue weighted by Gasteiger charge is -2.11. The fourth-order valence-electron chi connectivity index (χ4n) is 2.20. The van der Waals surface area contributed by atoms with E-state index in [1.807, 2.05) is 24.3 Å². The molecule has 0 saturated carbocycles. The van der Waals surface area contributed by atoms with Crippen LogP contribution in [0.15, 0.2) is 36.4 Å². The molecule has 2 aromatic carbocycles. The third-order valence-electron chi connectivity index (χ3n) is 3.18. The molecule has 0 aromatic heterocycles. The predicted molar refractivity (Wildman–Crippen MR) is 91.5 cm³/mol. The van der Waals surface area contributed by atoms with E-state index in [1.54, 1.807) is 12.1 Å². The third-order valence-corrected chi connectivity index (χ3v) is 3.74. The van der Waals surface area contributed by atoms with Gasteiger partial charge in [-0.05, 0) is 25.0 Å². The summed E-state index contributed by atoms with van der Waals surface area (Å²) >= 11 is 3.34. The maximum Gasteiger partial charge on any atom is 0.311 e. The Kier molecular flexibility index (Phi) is 5.95. The van der Waals surface area contributed by atoms with Crippen molar-refractivity contribution < 1.29 is 14.3 Å². The number of halogens is 1. The van der Waals surface area contributed by atoms with Crippen LogP contribution in [0.1, 0.15) is 26.2 Å². The predicted octanol–water partition coefficient (Wildman–Crippen LogP) is 4.27. The van der Waals surface area contributed by atoms with Crippen molar-refractivity contribution in [3.8, 4) is 5.75 Å². The largest absolute Gasteiger partial charge is 0.426 e. The number of hydrogen-bond acceptors (Lipinski definition) is 3. The van der Waals surface area contributed by atoms with E-state index in [4.69, 9.17) is 4.74 Å². The van der Waals surface area contributed by atoms with Crippen molar-refractivity contribution in [3.63, 3.8) is 0 Å². The Morgan fingerprint density at radius 1 is 1.09 bits per heavy atom. The van der Waals surface area contributed by atoms with Crippen LogP contribution in [0.25, 0.3) is 10.8 Å². The molecule has 0 unspecified atom stereocenters. The van der Waals surface area contributed by atoms with Gasteiger partial charge in [-0.15, -0.1) is 0 Å². The van der Waals surface area contributed by atoms with Crippen LogP contribution < -0.4 is 10.1 Å². The zero-order valence-corrected chi connectivity index (χ0v) is 14.0. The molecule has 0 fully saturated rings. The van der Waals surface area contributed by atoms with Gasteiger partial charge in [-0.25, -0.2) is 0 Å². The highest BCUT2D eigenvalue weighted by molar-refractivity contribution is 9.09. The average Bonchev–Trinajstić information content (AvgIpc) is 2.49. The van der Waals surface area contributed by atoms with E-state index in [0.29, 0.717) is 17.9 Å². The van der Waals surface area contributed by atoms with Gasteiger partial charge in [0.1, 0.15) is 5.75 Å². The molecule has 0 aliphatic rings. The fraction of sp³-hybridized carbons (Fsp3) is 0.294. The Balaban J connectivity index is 2.24. The molecular weight excluding hydrogens is 346 g/mol. The van der Waals surface area contributed by atoms with Crippen molar-refractivity contribution in [2.75, 3.05) is 10.6 Å². The number of nitrogens with one attached hydrogen (secondary N) is 1. The van der Waals surface area contributed by atoms with Gasteiger partial charge in [0.05, 0.1) is 0 Å². The van der Waals surface area contributed by atoms with Crippen molar-refractivity contribution in [1.82, 2.24) is 0 Å².